The number of rotatable bonds is 5. The normalized spacial score (nSPS) is 11.1. The van der Waals surface area contributed by atoms with Gasteiger partial charge in [-0.1, -0.05) is 36.4 Å². The van der Waals surface area contributed by atoms with Crippen molar-refractivity contribution >= 4 is 23.9 Å². The third-order valence-electron chi connectivity index (χ3n) is 2.93. The van der Waals surface area contributed by atoms with Crippen LogP contribution in [0.15, 0.2) is 60.7 Å². The first-order chi connectivity index (χ1) is 10.5. The van der Waals surface area contributed by atoms with Crippen LogP contribution < -0.4 is 0 Å². The molecule has 0 saturated carbocycles. The second-order valence-electron chi connectivity index (χ2n) is 4.59. The van der Waals surface area contributed by atoms with E-state index in [2.05, 4.69) is 0 Å². The van der Waals surface area contributed by atoms with E-state index >= 15 is 0 Å². The predicted octanol–water partition coefficient (Wildman–Crippen LogP) is 3.39. The number of benzene rings is 2. The van der Waals surface area contributed by atoms with Crippen molar-refractivity contribution < 1.29 is 19.8 Å². The van der Waals surface area contributed by atoms with Crippen LogP contribution in [0.1, 0.15) is 21.5 Å². The van der Waals surface area contributed by atoms with Crippen LogP contribution in [0.25, 0.3) is 12.2 Å². The van der Waals surface area contributed by atoms with Gasteiger partial charge in [0, 0.05) is 0 Å². The van der Waals surface area contributed by atoms with Gasteiger partial charge in [0.2, 0.25) is 0 Å². The maximum atomic E-state index is 11.7. The molecule has 0 fully saturated rings. The average molecular weight is 294 g/mol. The Bertz CT molecular complexity index is 723. The molecule has 0 spiro atoms. The van der Waals surface area contributed by atoms with Gasteiger partial charge in [-0.2, -0.15) is 0 Å². The van der Waals surface area contributed by atoms with Gasteiger partial charge < -0.3 is 10.2 Å². The minimum absolute atomic E-state index is 0.174. The smallest absolute Gasteiger partial charge is 0.335 e. The summed E-state index contributed by atoms with van der Waals surface area (Å²) in [6, 6.07) is 12.7. The summed E-state index contributed by atoms with van der Waals surface area (Å²) in [5.41, 5.74) is 1.76. The van der Waals surface area contributed by atoms with E-state index in [4.69, 9.17) is 10.2 Å². The molecule has 0 radical (unpaired) electrons. The lowest BCUT2D eigenvalue weighted by atomic mass is 10.1. The number of carboxylic acid groups (broad SMARTS) is 1. The zero-order chi connectivity index (χ0) is 15.9. The van der Waals surface area contributed by atoms with Crippen molar-refractivity contribution in [3.05, 3.63) is 77.4 Å². The highest BCUT2D eigenvalue weighted by Crippen LogP contribution is 2.11. The lowest BCUT2D eigenvalue weighted by molar-refractivity contribution is -0.110. The molecule has 0 aliphatic carbocycles. The number of aromatic carboxylic acids is 1. The number of carboxylic acids is 1. The number of phenols is 1. The van der Waals surface area contributed by atoms with Gasteiger partial charge in [-0.3, -0.25) is 4.79 Å². The van der Waals surface area contributed by atoms with E-state index in [-0.39, 0.29) is 17.1 Å². The Hall–Kier alpha value is -3.14. The van der Waals surface area contributed by atoms with Crippen molar-refractivity contribution in [2.75, 3.05) is 0 Å². The SMILES string of the molecule is O=C(C=Cc1ccc(O)cc1)C=Cc1ccc(C(=O)O)cc1. The van der Waals surface area contributed by atoms with Crippen molar-refractivity contribution in [3.8, 4) is 5.75 Å². The zero-order valence-electron chi connectivity index (χ0n) is 11.6. The topological polar surface area (TPSA) is 74.6 Å². The molecular weight excluding hydrogens is 280 g/mol. The van der Waals surface area contributed by atoms with Crippen LogP contribution in [-0.2, 0) is 4.79 Å². The molecule has 110 valence electrons. The number of ketones is 1. The van der Waals surface area contributed by atoms with E-state index in [1.165, 1.54) is 24.3 Å². The quantitative estimate of drug-likeness (QED) is 0.829. The number of hydrogen-bond acceptors (Lipinski definition) is 3. The molecule has 0 aromatic heterocycles. The van der Waals surface area contributed by atoms with Crippen molar-refractivity contribution in [2.45, 2.75) is 0 Å². The molecule has 0 amide bonds. The van der Waals surface area contributed by atoms with Crippen LogP contribution in [0.3, 0.4) is 0 Å². The standard InChI is InChI=1S/C18H14O4/c19-16(10-4-14-5-11-17(20)12-6-14)9-3-13-1-7-15(8-2-13)18(21)22/h1-12,20H,(H,21,22). The monoisotopic (exact) mass is 294 g/mol. The lowest BCUT2D eigenvalue weighted by Gasteiger charge is -1.95. The number of phenolic OH excluding ortho intramolecular Hbond substituents is 1. The minimum atomic E-state index is -0.983. The van der Waals surface area contributed by atoms with E-state index in [1.807, 2.05) is 0 Å². The van der Waals surface area contributed by atoms with Gasteiger partial charge >= 0.3 is 5.97 Å². The van der Waals surface area contributed by atoms with Gasteiger partial charge in [-0.25, -0.2) is 4.79 Å². The third kappa shape index (κ3) is 4.45. The molecule has 0 aliphatic rings. The average Bonchev–Trinajstić information content (AvgIpc) is 2.52. The highest BCUT2D eigenvalue weighted by atomic mass is 16.4. The summed E-state index contributed by atoms with van der Waals surface area (Å²) in [6.45, 7) is 0. The number of carbonyl (C=O) groups excluding carboxylic acids is 1. The summed E-state index contributed by atoms with van der Waals surface area (Å²) in [7, 11) is 0. The van der Waals surface area contributed by atoms with E-state index in [9.17, 15) is 9.59 Å². The molecule has 0 atom stereocenters. The summed E-state index contributed by atoms with van der Waals surface area (Å²) in [6.07, 6.45) is 6.11. The molecule has 4 heteroatoms. The van der Waals surface area contributed by atoms with Gasteiger partial charge in [0.05, 0.1) is 5.56 Å². The second kappa shape index (κ2) is 7.04. The van der Waals surface area contributed by atoms with Crippen LogP contribution in [0.4, 0.5) is 0 Å². The Kier molecular flexibility index (Phi) is 4.88. The molecule has 4 nitrogen and oxygen atoms in total. The Morgan fingerprint density at radius 1 is 0.773 bits per heavy atom. The van der Waals surface area contributed by atoms with Crippen LogP contribution >= 0.6 is 0 Å². The Morgan fingerprint density at radius 2 is 1.23 bits per heavy atom. The molecule has 2 aromatic rings. The van der Waals surface area contributed by atoms with Crippen molar-refractivity contribution in [3.63, 3.8) is 0 Å². The predicted molar refractivity (Wildman–Crippen MR) is 84.6 cm³/mol. The number of hydrogen-bond donors (Lipinski definition) is 2. The molecule has 0 aliphatic heterocycles. The molecule has 0 unspecified atom stereocenters. The van der Waals surface area contributed by atoms with Crippen LogP contribution in [0.2, 0.25) is 0 Å². The van der Waals surface area contributed by atoms with Gasteiger partial charge in [0.15, 0.2) is 5.78 Å². The first-order valence-corrected chi connectivity index (χ1v) is 6.57. The summed E-state index contributed by atoms with van der Waals surface area (Å²) in [5, 5.41) is 18.0. The maximum absolute atomic E-state index is 11.7. The first kappa shape index (κ1) is 15.3. The molecule has 2 N–H and O–H groups in total. The fourth-order valence-electron chi connectivity index (χ4n) is 1.73. The first-order valence-electron chi connectivity index (χ1n) is 6.57. The van der Waals surface area contributed by atoms with E-state index in [1.54, 1.807) is 48.6 Å². The maximum Gasteiger partial charge on any atom is 0.335 e. The summed E-state index contributed by atoms with van der Waals surface area (Å²) in [5.74, 6) is -0.994. The van der Waals surface area contributed by atoms with Crippen LogP contribution in [0.5, 0.6) is 5.75 Å². The Labute approximate surface area is 127 Å². The molecule has 0 bridgehead atoms. The fourth-order valence-corrected chi connectivity index (χ4v) is 1.73. The number of aromatic hydroxyl groups is 1. The minimum Gasteiger partial charge on any atom is -0.508 e. The molecule has 0 saturated heterocycles. The zero-order valence-corrected chi connectivity index (χ0v) is 11.6. The summed E-state index contributed by atoms with van der Waals surface area (Å²) >= 11 is 0. The molecule has 2 aromatic carbocycles. The van der Waals surface area contributed by atoms with Crippen molar-refractivity contribution in [1.29, 1.82) is 0 Å². The largest absolute Gasteiger partial charge is 0.508 e. The molecular formula is C18H14O4. The highest BCUT2D eigenvalue weighted by Gasteiger charge is 2.00. The van der Waals surface area contributed by atoms with Gasteiger partial charge in [-0.05, 0) is 47.5 Å². The van der Waals surface area contributed by atoms with Crippen LogP contribution in [0, 0.1) is 0 Å². The highest BCUT2D eigenvalue weighted by molar-refractivity contribution is 6.04. The van der Waals surface area contributed by atoms with Crippen molar-refractivity contribution in [2.24, 2.45) is 0 Å². The molecule has 22 heavy (non-hydrogen) atoms. The third-order valence-corrected chi connectivity index (χ3v) is 2.93. The summed E-state index contributed by atoms with van der Waals surface area (Å²) < 4.78 is 0. The second-order valence-corrected chi connectivity index (χ2v) is 4.59. The van der Waals surface area contributed by atoms with E-state index in [0.29, 0.717) is 0 Å². The van der Waals surface area contributed by atoms with Gasteiger partial charge in [0.1, 0.15) is 5.75 Å². The lowest BCUT2D eigenvalue weighted by Crippen LogP contribution is -1.94. The van der Waals surface area contributed by atoms with E-state index in [0.717, 1.165) is 11.1 Å². The Morgan fingerprint density at radius 3 is 1.68 bits per heavy atom. The van der Waals surface area contributed by atoms with Gasteiger partial charge in [-0.15, -0.1) is 0 Å². The summed E-state index contributed by atoms with van der Waals surface area (Å²) in [4.78, 5) is 22.4. The fraction of sp³-hybridized carbons (Fsp3) is 0. The van der Waals surface area contributed by atoms with Crippen molar-refractivity contribution in [1.82, 2.24) is 0 Å². The van der Waals surface area contributed by atoms with Crippen LogP contribution in [-0.4, -0.2) is 22.0 Å². The van der Waals surface area contributed by atoms with E-state index < -0.39 is 5.97 Å². The molecule has 2 rings (SSSR count). The Balaban J connectivity index is 1.98. The number of carbonyl (C=O) groups is 2. The molecule has 0 heterocycles. The van der Waals surface area contributed by atoms with Gasteiger partial charge in [0.25, 0.3) is 0 Å². The number of allylic oxidation sites excluding steroid dienone is 2.